The van der Waals surface area contributed by atoms with E-state index in [-0.39, 0.29) is 30.2 Å². The fourth-order valence-corrected chi connectivity index (χ4v) is 3.57. The summed E-state index contributed by atoms with van der Waals surface area (Å²) in [5.41, 5.74) is 0. The minimum atomic E-state index is -3.58. The van der Waals surface area contributed by atoms with Crippen LogP contribution in [-0.2, 0) is 21.3 Å². The van der Waals surface area contributed by atoms with Gasteiger partial charge in [0, 0.05) is 19.3 Å². The Morgan fingerprint density at radius 3 is 3.05 bits per heavy atom. The molecule has 108 valence electrons. The van der Waals surface area contributed by atoms with Gasteiger partial charge in [-0.25, -0.2) is 13.1 Å². The van der Waals surface area contributed by atoms with E-state index >= 15 is 0 Å². The second-order valence-corrected chi connectivity index (χ2v) is 6.31. The number of aliphatic hydroxyl groups is 1. The number of rotatable bonds is 6. The second kappa shape index (κ2) is 6.00. The molecule has 1 aliphatic carbocycles. The van der Waals surface area contributed by atoms with Gasteiger partial charge >= 0.3 is 0 Å². The summed E-state index contributed by atoms with van der Waals surface area (Å²) >= 11 is 0. The van der Waals surface area contributed by atoms with E-state index in [2.05, 4.69) is 9.82 Å². The molecule has 2 N–H and O–H groups in total. The molecule has 1 heterocycles. The van der Waals surface area contributed by atoms with Gasteiger partial charge in [0.2, 0.25) is 10.0 Å². The molecular weight excluding hydrogens is 270 g/mol. The van der Waals surface area contributed by atoms with E-state index in [1.807, 2.05) is 0 Å². The summed E-state index contributed by atoms with van der Waals surface area (Å²) in [6.45, 7) is 0.197. The molecule has 1 saturated carbocycles. The fraction of sp³-hybridized carbons (Fsp3) is 0.727. The molecule has 0 spiro atoms. The van der Waals surface area contributed by atoms with Crippen LogP contribution in [0.25, 0.3) is 0 Å². The van der Waals surface area contributed by atoms with Crippen LogP contribution in [-0.4, -0.2) is 49.2 Å². The van der Waals surface area contributed by atoms with Gasteiger partial charge in [-0.3, -0.25) is 4.68 Å². The van der Waals surface area contributed by atoms with Crippen molar-refractivity contribution < 1.29 is 18.3 Å². The predicted octanol–water partition coefficient (Wildman–Crippen LogP) is -0.279. The first-order chi connectivity index (χ1) is 9.06. The Morgan fingerprint density at radius 2 is 2.37 bits per heavy atom. The third-order valence-corrected chi connectivity index (χ3v) is 4.76. The highest BCUT2D eigenvalue weighted by molar-refractivity contribution is 7.89. The number of sulfonamides is 1. The molecule has 2 unspecified atom stereocenters. The molecule has 1 aromatic heterocycles. The van der Waals surface area contributed by atoms with Crippen molar-refractivity contribution >= 4 is 10.0 Å². The molecule has 0 amide bonds. The molecule has 1 fully saturated rings. The van der Waals surface area contributed by atoms with Crippen molar-refractivity contribution in [1.82, 2.24) is 14.5 Å². The Bertz CT molecular complexity index is 514. The highest BCUT2D eigenvalue weighted by Gasteiger charge is 2.31. The van der Waals surface area contributed by atoms with Crippen LogP contribution in [0.2, 0.25) is 0 Å². The summed E-state index contributed by atoms with van der Waals surface area (Å²) < 4.78 is 33.7. The summed E-state index contributed by atoms with van der Waals surface area (Å²) in [6.07, 6.45) is 5.23. The van der Waals surface area contributed by atoms with Crippen molar-refractivity contribution in [3.8, 4) is 0 Å². The normalized spacial score (nSPS) is 23.9. The summed E-state index contributed by atoms with van der Waals surface area (Å²) in [4.78, 5) is 0.114. The van der Waals surface area contributed by atoms with Crippen LogP contribution in [0.3, 0.4) is 0 Å². The van der Waals surface area contributed by atoms with Gasteiger partial charge in [0.05, 0.1) is 25.5 Å². The molecule has 0 aliphatic heterocycles. The van der Waals surface area contributed by atoms with E-state index < -0.39 is 10.0 Å². The lowest BCUT2D eigenvalue weighted by molar-refractivity contribution is 0.0916. The maximum absolute atomic E-state index is 12.2. The van der Waals surface area contributed by atoms with Crippen molar-refractivity contribution in [2.24, 2.45) is 0 Å². The monoisotopic (exact) mass is 289 g/mol. The van der Waals surface area contributed by atoms with Crippen LogP contribution in [0.1, 0.15) is 19.3 Å². The lowest BCUT2D eigenvalue weighted by Gasteiger charge is -2.18. The second-order valence-electron chi connectivity index (χ2n) is 4.60. The zero-order chi connectivity index (χ0) is 13.9. The maximum atomic E-state index is 12.2. The predicted molar refractivity (Wildman–Crippen MR) is 68.1 cm³/mol. The van der Waals surface area contributed by atoms with Crippen molar-refractivity contribution in [2.45, 2.75) is 42.8 Å². The fourth-order valence-electron chi connectivity index (χ4n) is 2.32. The zero-order valence-electron chi connectivity index (χ0n) is 10.8. The minimum Gasteiger partial charge on any atom is -0.394 e. The molecule has 19 heavy (non-hydrogen) atoms. The number of methoxy groups -OCH3 is 1. The Morgan fingerprint density at radius 1 is 1.58 bits per heavy atom. The Labute approximate surface area is 112 Å². The lowest BCUT2D eigenvalue weighted by atomic mass is 10.2. The molecular formula is C11H19N3O4S. The Balaban J connectivity index is 2.08. The van der Waals surface area contributed by atoms with Crippen molar-refractivity contribution in [3.63, 3.8) is 0 Å². The number of aliphatic hydroxyl groups excluding tert-OH is 1. The topological polar surface area (TPSA) is 93.5 Å². The first-order valence-corrected chi connectivity index (χ1v) is 7.73. The Kier molecular flexibility index (Phi) is 4.56. The Hall–Kier alpha value is -0.960. The number of ether oxygens (including phenoxy) is 1. The highest BCUT2D eigenvalue weighted by Crippen LogP contribution is 2.23. The maximum Gasteiger partial charge on any atom is 0.244 e. The SMILES string of the molecule is COC1CCCC1NS(=O)(=O)c1cnn(CCO)c1. The van der Waals surface area contributed by atoms with Crippen molar-refractivity contribution in [1.29, 1.82) is 0 Å². The molecule has 8 heteroatoms. The third kappa shape index (κ3) is 3.33. The zero-order valence-corrected chi connectivity index (χ0v) is 11.6. The molecule has 0 radical (unpaired) electrons. The quantitative estimate of drug-likeness (QED) is 0.751. The number of hydrogen-bond donors (Lipinski definition) is 2. The van der Waals surface area contributed by atoms with E-state index in [4.69, 9.17) is 9.84 Å². The largest absolute Gasteiger partial charge is 0.394 e. The summed E-state index contributed by atoms with van der Waals surface area (Å²) in [5, 5.41) is 12.7. The smallest absolute Gasteiger partial charge is 0.244 e. The highest BCUT2D eigenvalue weighted by atomic mass is 32.2. The molecule has 1 aromatic rings. The molecule has 2 rings (SSSR count). The van der Waals surface area contributed by atoms with E-state index in [1.54, 1.807) is 7.11 Å². The van der Waals surface area contributed by atoms with Crippen molar-refractivity contribution in [3.05, 3.63) is 12.4 Å². The molecule has 0 aromatic carbocycles. The number of nitrogens with one attached hydrogen (secondary N) is 1. The number of hydrogen-bond acceptors (Lipinski definition) is 5. The third-order valence-electron chi connectivity index (χ3n) is 3.31. The van der Waals surface area contributed by atoms with Crippen LogP contribution >= 0.6 is 0 Å². The molecule has 7 nitrogen and oxygen atoms in total. The number of aromatic nitrogens is 2. The molecule has 0 saturated heterocycles. The standard InChI is InChI=1S/C11H19N3O4S/c1-18-11-4-2-3-10(11)13-19(16,17)9-7-12-14(8-9)5-6-15/h7-8,10-11,13,15H,2-6H2,1H3. The average molecular weight is 289 g/mol. The molecule has 2 atom stereocenters. The van der Waals surface area contributed by atoms with E-state index in [1.165, 1.54) is 17.1 Å². The van der Waals surface area contributed by atoms with Crippen LogP contribution < -0.4 is 4.72 Å². The van der Waals surface area contributed by atoms with E-state index in [0.29, 0.717) is 0 Å². The molecule has 1 aliphatic rings. The van der Waals surface area contributed by atoms with Gasteiger partial charge in [0.15, 0.2) is 0 Å². The van der Waals surface area contributed by atoms with Crippen LogP contribution in [0, 0.1) is 0 Å². The number of nitrogens with zero attached hydrogens (tertiary/aromatic N) is 2. The van der Waals surface area contributed by atoms with Gasteiger partial charge in [0.1, 0.15) is 4.90 Å². The first kappa shape index (κ1) is 14.4. The van der Waals surface area contributed by atoms with Gasteiger partial charge in [-0.05, 0) is 19.3 Å². The lowest BCUT2D eigenvalue weighted by Crippen LogP contribution is -2.40. The van der Waals surface area contributed by atoms with Crippen LogP contribution in [0.15, 0.2) is 17.3 Å². The van der Waals surface area contributed by atoms with Gasteiger partial charge in [-0.1, -0.05) is 0 Å². The van der Waals surface area contributed by atoms with Gasteiger partial charge < -0.3 is 9.84 Å². The molecule has 0 bridgehead atoms. The summed E-state index contributed by atoms with van der Waals surface area (Å²) in [5.74, 6) is 0. The van der Waals surface area contributed by atoms with Crippen LogP contribution in [0.4, 0.5) is 0 Å². The van der Waals surface area contributed by atoms with Crippen molar-refractivity contribution in [2.75, 3.05) is 13.7 Å². The van der Waals surface area contributed by atoms with E-state index in [0.717, 1.165) is 19.3 Å². The average Bonchev–Trinajstić information content (AvgIpc) is 2.98. The van der Waals surface area contributed by atoms with Crippen LogP contribution in [0.5, 0.6) is 0 Å². The first-order valence-electron chi connectivity index (χ1n) is 6.25. The minimum absolute atomic E-state index is 0.0674. The van der Waals surface area contributed by atoms with Gasteiger partial charge in [-0.15, -0.1) is 0 Å². The summed E-state index contributed by atoms with van der Waals surface area (Å²) in [6, 6.07) is -0.184. The van der Waals surface area contributed by atoms with Gasteiger partial charge in [-0.2, -0.15) is 5.10 Å². The summed E-state index contributed by atoms with van der Waals surface area (Å²) in [7, 11) is -1.99. The van der Waals surface area contributed by atoms with E-state index in [9.17, 15) is 8.42 Å². The van der Waals surface area contributed by atoms with Gasteiger partial charge in [0.25, 0.3) is 0 Å².